The van der Waals surface area contributed by atoms with Gasteiger partial charge in [-0.2, -0.15) is 0 Å². The molecule has 1 N–H and O–H groups in total. The highest BCUT2D eigenvalue weighted by Crippen LogP contribution is 2.36. The summed E-state index contributed by atoms with van der Waals surface area (Å²) in [6, 6.07) is 9.29. The fourth-order valence-electron chi connectivity index (χ4n) is 3.20. The van der Waals surface area contributed by atoms with E-state index in [4.69, 9.17) is 26.4 Å². The van der Waals surface area contributed by atoms with Crippen LogP contribution in [0.25, 0.3) is 6.08 Å². The van der Waals surface area contributed by atoms with E-state index in [2.05, 4.69) is 5.32 Å². The molecular formula is C21H17N3O7S2. The summed E-state index contributed by atoms with van der Waals surface area (Å²) in [4.78, 5) is 37.6. The Labute approximate surface area is 197 Å². The number of rotatable bonds is 7. The molecule has 2 aliphatic rings. The first kappa shape index (κ1) is 22.6. The summed E-state index contributed by atoms with van der Waals surface area (Å²) in [6.45, 7) is 0.437. The molecule has 4 rings (SSSR count). The third-order valence-electron chi connectivity index (χ3n) is 4.83. The van der Waals surface area contributed by atoms with Gasteiger partial charge in [-0.05, 0) is 35.9 Å². The molecule has 33 heavy (non-hydrogen) atoms. The first-order chi connectivity index (χ1) is 15.9. The van der Waals surface area contributed by atoms with Gasteiger partial charge in [0.2, 0.25) is 6.79 Å². The predicted octanol–water partition coefficient (Wildman–Crippen LogP) is 2.96. The van der Waals surface area contributed by atoms with Crippen molar-refractivity contribution >= 4 is 51.9 Å². The molecule has 170 valence electrons. The third-order valence-corrected chi connectivity index (χ3v) is 6.20. The number of thioether (sulfide) groups is 1. The molecule has 2 amide bonds. The van der Waals surface area contributed by atoms with Gasteiger partial charge in [0, 0.05) is 24.7 Å². The van der Waals surface area contributed by atoms with Crippen molar-refractivity contribution in [1.82, 2.24) is 10.2 Å². The van der Waals surface area contributed by atoms with Crippen LogP contribution < -0.4 is 19.5 Å². The van der Waals surface area contributed by atoms with Crippen LogP contribution in [-0.4, -0.2) is 53.0 Å². The van der Waals surface area contributed by atoms with Crippen molar-refractivity contribution in [3.63, 3.8) is 0 Å². The van der Waals surface area contributed by atoms with Crippen molar-refractivity contribution in [3.8, 4) is 17.2 Å². The van der Waals surface area contributed by atoms with Gasteiger partial charge in [-0.1, -0.05) is 30.0 Å². The fraction of sp³-hybridized carbons (Fsp3) is 0.190. The highest BCUT2D eigenvalue weighted by atomic mass is 32.2. The van der Waals surface area contributed by atoms with Crippen LogP contribution >= 0.6 is 24.0 Å². The first-order valence-electron chi connectivity index (χ1n) is 9.63. The highest BCUT2D eigenvalue weighted by molar-refractivity contribution is 8.26. The molecule has 0 unspecified atom stereocenters. The van der Waals surface area contributed by atoms with E-state index in [1.165, 1.54) is 35.9 Å². The Hall–Kier alpha value is -3.64. The van der Waals surface area contributed by atoms with Gasteiger partial charge in [0.25, 0.3) is 11.8 Å². The molecule has 0 saturated carbocycles. The van der Waals surface area contributed by atoms with Crippen LogP contribution in [0.3, 0.4) is 0 Å². The third kappa shape index (κ3) is 4.76. The highest BCUT2D eigenvalue weighted by Gasteiger charge is 2.32. The lowest BCUT2D eigenvalue weighted by atomic mass is 10.1. The summed E-state index contributed by atoms with van der Waals surface area (Å²) in [6.07, 6.45) is 1.72. The van der Waals surface area contributed by atoms with Gasteiger partial charge in [0.1, 0.15) is 4.32 Å². The van der Waals surface area contributed by atoms with Crippen LogP contribution in [0.1, 0.15) is 15.9 Å². The molecule has 10 nitrogen and oxygen atoms in total. The zero-order valence-corrected chi connectivity index (χ0v) is 18.9. The number of amides is 2. The maximum Gasteiger partial charge on any atom is 0.311 e. The van der Waals surface area contributed by atoms with Gasteiger partial charge in [-0.25, -0.2) is 0 Å². The van der Waals surface area contributed by atoms with Crippen molar-refractivity contribution in [1.29, 1.82) is 0 Å². The van der Waals surface area contributed by atoms with Gasteiger partial charge < -0.3 is 19.5 Å². The van der Waals surface area contributed by atoms with E-state index in [-0.39, 0.29) is 42.8 Å². The van der Waals surface area contributed by atoms with Crippen molar-refractivity contribution in [3.05, 3.63) is 62.5 Å². The molecule has 2 aliphatic heterocycles. The largest absolute Gasteiger partial charge is 0.490 e. The van der Waals surface area contributed by atoms with E-state index in [0.717, 1.165) is 11.6 Å². The molecule has 0 aliphatic carbocycles. The number of nitrogens with one attached hydrogen (secondary N) is 1. The second kappa shape index (κ2) is 9.46. The maximum absolute atomic E-state index is 12.8. The number of nitrogens with zero attached hydrogens (tertiary/aromatic N) is 2. The van der Waals surface area contributed by atoms with Gasteiger partial charge in [0.05, 0.1) is 16.9 Å². The number of carbonyl (C=O) groups excluding carboxylic acids is 2. The Balaban J connectivity index is 1.37. The van der Waals surface area contributed by atoms with Crippen LogP contribution in [0.5, 0.6) is 17.2 Å². The van der Waals surface area contributed by atoms with Gasteiger partial charge >= 0.3 is 5.69 Å². The normalized spacial score (nSPS) is 15.8. The summed E-state index contributed by atoms with van der Waals surface area (Å²) in [5, 5.41) is 13.8. The molecule has 2 heterocycles. The number of thiocarbonyl (C=S) groups is 1. The average molecular weight is 488 g/mol. The standard InChI is InChI=1S/C21H17N3O7S2/c1-29-15-5-3-13(10-14(15)24(27)28)19(25)22-6-7-23-20(26)18(33-21(23)32)9-12-2-4-16-17(8-12)31-11-30-16/h2-5,8-10H,6-7,11H2,1H3,(H,22,25). The van der Waals surface area contributed by atoms with E-state index in [9.17, 15) is 19.7 Å². The summed E-state index contributed by atoms with van der Waals surface area (Å²) < 4.78 is 16.0. The van der Waals surface area contributed by atoms with Gasteiger partial charge in [0.15, 0.2) is 17.2 Å². The second-order valence-corrected chi connectivity index (χ2v) is 8.52. The number of nitro groups is 1. The summed E-state index contributed by atoms with van der Waals surface area (Å²) >= 11 is 6.49. The topological polar surface area (TPSA) is 120 Å². The van der Waals surface area contributed by atoms with E-state index in [1.807, 2.05) is 6.07 Å². The van der Waals surface area contributed by atoms with E-state index >= 15 is 0 Å². The number of ether oxygens (including phenoxy) is 3. The quantitative estimate of drug-likeness (QED) is 0.272. The van der Waals surface area contributed by atoms with Gasteiger partial charge in [-0.3, -0.25) is 24.6 Å². The zero-order chi connectivity index (χ0) is 23.5. The molecule has 2 aromatic rings. The number of hydrogen-bond acceptors (Lipinski definition) is 9. The molecule has 0 atom stereocenters. The minimum atomic E-state index is -0.623. The molecule has 0 radical (unpaired) electrons. The molecule has 1 fully saturated rings. The predicted molar refractivity (Wildman–Crippen MR) is 124 cm³/mol. The lowest BCUT2D eigenvalue weighted by Crippen LogP contribution is -2.37. The van der Waals surface area contributed by atoms with E-state index in [1.54, 1.807) is 18.2 Å². The number of carbonyl (C=O) groups is 2. The Morgan fingerprint density at radius 1 is 1.30 bits per heavy atom. The van der Waals surface area contributed by atoms with Crippen molar-refractivity contribution in [2.75, 3.05) is 27.0 Å². The zero-order valence-electron chi connectivity index (χ0n) is 17.2. The van der Waals surface area contributed by atoms with Crippen LogP contribution in [0.4, 0.5) is 5.69 Å². The smallest absolute Gasteiger partial charge is 0.311 e. The molecule has 2 aromatic carbocycles. The number of methoxy groups -OCH3 is 1. The van der Waals surface area contributed by atoms with Crippen LogP contribution in [0, 0.1) is 10.1 Å². The van der Waals surface area contributed by atoms with Crippen LogP contribution in [-0.2, 0) is 4.79 Å². The Morgan fingerprint density at radius 3 is 2.85 bits per heavy atom. The molecular weight excluding hydrogens is 470 g/mol. The molecule has 0 aromatic heterocycles. The number of hydrogen-bond donors (Lipinski definition) is 1. The molecule has 0 spiro atoms. The van der Waals surface area contributed by atoms with E-state index < -0.39 is 10.8 Å². The number of fused-ring (bicyclic) bond motifs is 1. The van der Waals surface area contributed by atoms with Crippen molar-refractivity contribution < 1.29 is 28.7 Å². The lowest BCUT2D eigenvalue weighted by Gasteiger charge is -2.15. The monoisotopic (exact) mass is 487 g/mol. The lowest BCUT2D eigenvalue weighted by molar-refractivity contribution is -0.385. The van der Waals surface area contributed by atoms with Crippen molar-refractivity contribution in [2.45, 2.75) is 0 Å². The minimum absolute atomic E-state index is 0.0587. The molecule has 1 saturated heterocycles. The Morgan fingerprint density at radius 2 is 2.09 bits per heavy atom. The number of nitro benzene ring substituents is 1. The second-order valence-electron chi connectivity index (χ2n) is 6.85. The van der Waals surface area contributed by atoms with Crippen molar-refractivity contribution in [2.24, 2.45) is 0 Å². The molecule has 12 heteroatoms. The summed E-state index contributed by atoms with van der Waals surface area (Å²) in [7, 11) is 1.31. The first-order valence-corrected chi connectivity index (χ1v) is 10.9. The summed E-state index contributed by atoms with van der Waals surface area (Å²) in [5.41, 5.74) is 0.570. The van der Waals surface area contributed by atoms with Gasteiger partial charge in [-0.15, -0.1) is 0 Å². The average Bonchev–Trinajstić information content (AvgIpc) is 3.37. The number of benzene rings is 2. The van der Waals surface area contributed by atoms with Crippen LogP contribution in [0.2, 0.25) is 0 Å². The Kier molecular flexibility index (Phi) is 6.47. The SMILES string of the molecule is COc1ccc(C(=O)NCCN2C(=O)C(=Cc3ccc4c(c3)OCO4)SC2=S)cc1[N+](=O)[O-]. The van der Waals surface area contributed by atoms with E-state index in [0.29, 0.717) is 20.7 Å². The fourth-order valence-corrected chi connectivity index (χ4v) is 4.51. The molecule has 0 bridgehead atoms. The Bertz CT molecular complexity index is 1200. The maximum atomic E-state index is 12.8. The minimum Gasteiger partial charge on any atom is -0.490 e. The van der Waals surface area contributed by atoms with Crippen LogP contribution in [0.15, 0.2) is 41.3 Å². The summed E-state index contributed by atoms with van der Waals surface area (Å²) in [5.74, 6) is 0.542.